The van der Waals surface area contributed by atoms with Gasteiger partial charge in [0.15, 0.2) is 0 Å². The van der Waals surface area contributed by atoms with E-state index >= 15 is 0 Å². The molecule has 0 fully saturated rings. The van der Waals surface area contributed by atoms with Crippen molar-refractivity contribution in [3.05, 3.63) is 0 Å². The maximum absolute atomic E-state index is 4.94. The number of hydrogen-bond donors (Lipinski definition) is 2. The lowest BCUT2D eigenvalue weighted by atomic mass is 10.7. The van der Waals surface area contributed by atoms with E-state index in [1.165, 1.54) is 0 Å². The molecule has 0 radical (unpaired) electrons. The van der Waals surface area contributed by atoms with E-state index in [1.807, 2.05) is 0 Å². The van der Waals surface area contributed by atoms with Crippen molar-refractivity contribution in [2.45, 2.75) is 0 Å². The van der Waals surface area contributed by atoms with Crippen molar-refractivity contribution in [1.82, 2.24) is 0 Å². The molecule has 0 bridgehead atoms. The van der Waals surface area contributed by atoms with Crippen LogP contribution in [0.1, 0.15) is 0 Å². The Morgan fingerprint density at radius 3 is 2.50 bits per heavy atom. The number of ether oxygens (including phenoxy) is 1. The molecule has 0 amide bonds. The van der Waals surface area contributed by atoms with Crippen LogP contribution in [-0.2, 0) is 9.57 Å². The molecule has 4 heteroatoms. The smallest absolute Gasteiger partial charge is 0.0913 e. The first-order chi connectivity index (χ1) is 3.91. The summed E-state index contributed by atoms with van der Waals surface area (Å²) in [5.74, 6) is 5.45. The van der Waals surface area contributed by atoms with Gasteiger partial charge in [0, 0.05) is 5.75 Å². The van der Waals surface area contributed by atoms with E-state index in [1.54, 1.807) is 0 Å². The fourth-order valence-corrected chi connectivity index (χ4v) is 0.403. The summed E-state index contributed by atoms with van der Waals surface area (Å²) >= 11 is 3.93. The molecule has 3 nitrogen and oxygen atoms in total. The first kappa shape index (κ1) is 8.23. The van der Waals surface area contributed by atoms with E-state index in [0.29, 0.717) is 19.8 Å². The molecule has 0 aromatic heterocycles. The van der Waals surface area contributed by atoms with E-state index in [2.05, 4.69) is 17.5 Å². The molecular weight excluding hydrogens is 126 g/mol. The zero-order valence-electron chi connectivity index (χ0n) is 4.67. The van der Waals surface area contributed by atoms with Crippen LogP contribution in [0.25, 0.3) is 0 Å². The lowest BCUT2D eigenvalue weighted by molar-refractivity contribution is 0.0541. The van der Waals surface area contributed by atoms with Gasteiger partial charge in [0.1, 0.15) is 0 Å². The molecule has 50 valence electrons. The van der Waals surface area contributed by atoms with Gasteiger partial charge in [0.2, 0.25) is 0 Å². The standard InChI is InChI=1S/C4H11NO2S/c5-7-2-1-6-3-4-8/h8H,1-5H2. The summed E-state index contributed by atoms with van der Waals surface area (Å²) in [6.07, 6.45) is 0. The third-order valence-corrected chi connectivity index (χ3v) is 0.764. The molecule has 0 saturated heterocycles. The molecule has 0 aliphatic rings. The largest absolute Gasteiger partial charge is 0.378 e. The third-order valence-electron chi connectivity index (χ3n) is 0.581. The van der Waals surface area contributed by atoms with Gasteiger partial charge in [0.25, 0.3) is 0 Å². The molecule has 0 heterocycles. The fraction of sp³-hybridized carbons (Fsp3) is 1.00. The van der Waals surface area contributed by atoms with Crippen LogP contribution in [0.2, 0.25) is 0 Å². The van der Waals surface area contributed by atoms with Gasteiger partial charge in [-0.25, -0.2) is 5.90 Å². The van der Waals surface area contributed by atoms with Crippen molar-refractivity contribution < 1.29 is 9.57 Å². The van der Waals surface area contributed by atoms with E-state index in [0.717, 1.165) is 5.75 Å². The summed E-state index contributed by atoms with van der Waals surface area (Å²) in [6.45, 7) is 1.66. The molecule has 0 aliphatic carbocycles. The summed E-state index contributed by atoms with van der Waals surface area (Å²) < 4.78 is 4.94. The second-order valence-corrected chi connectivity index (χ2v) is 1.65. The number of thiol groups is 1. The Labute approximate surface area is 54.5 Å². The SMILES string of the molecule is NOCCOCCS. The molecule has 0 aliphatic heterocycles. The Hall–Kier alpha value is 0.230. The van der Waals surface area contributed by atoms with Gasteiger partial charge in [-0.3, -0.25) is 0 Å². The quantitative estimate of drug-likeness (QED) is 0.314. The molecular formula is C4H11NO2S. The van der Waals surface area contributed by atoms with Crippen LogP contribution in [-0.4, -0.2) is 25.6 Å². The molecule has 0 rings (SSSR count). The van der Waals surface area contributed by atoms with Crippen LogP contribution in [0.15, 0.2) is 0 Å². The van der Waals surface area contributed by atoms with Crippen LogP contribution in [0.3, 0.4) is 0 Å². The van der Waals surface area contributed by atoms with Gasteiger partial charge in [-0.15, -0.1) is 0 Å². The summed E-state index contributed by atoms with van der Waals surface area (Å²) in [6, 6.07) is 0. The molecule has 2 N–H and O–H groups in total. The average molecular weight is 137 g/mol. The Balaban J connectivity index is 2.53. The van der Waals surface area contributed by atoms with E-state index in [9.17, 15) is 0 Å². The molecule has 0 spiro atoms. The van der Waals surface area contributed by atoms with Gasteiger partial charge in [-0.2, -0.15) is 12.6 Å². The number of hydrogen-bond acceptors (Lipinski definition) is 4. The van der Waals surface area contributed by atoms with Crippen LogP contribution in [0, 0.1) is 0 Å². The Kier molecular flexibility index (Phi) is 7.44. The normalized spacial score (nSPS) is 9.75. The second kappa shape index (κ2) is 7.23. The monoisotopic (exact) mass is 137 g/mol. The summed E-state index contributed by atoms with van der Waals surface area (Å²) in [4.78, 5) is 4.24. The zero-order valence-corrected chi connectivity index (χ0v) is 5.56. The van der Waals surface area contributed by atoms with E-state index in [4.69, 9.17) is 10.6 Å². The second-order valence-electron chi connectivity index (χ2n) is 1.21. The van der Waals surface area contributed by atoms with Gasteiger partial charge in [-0.05, 0) is 0 Å². The number of rotatable bonds is 5. The third kappa shape index (κ3) is 6.23. The first-order valence-electron chi connectivity index (χ1n) is 2.42. The van der Waals surface area contributed by atoms with Gasteiger partial charge >= 0.3 is 0 Å². The topological polar surface area (TPSA) is 44.5 Å². The van der Waals surface area contributed by atoms with Crippen molar-refractivity contribution in [1.29, 1.82) is 0 Å². The maximum atomic E-state index is 4.94. The lowest BCUT2D eigenvalue weighted by Crippen LogP contribution is -2.08. The lowest BCUT2D eigenvalue weighted by Gasteiger charge is -1.97. The van der Waals surface area contributed by atoms with Gasteiger partial charge < -0.3 is 9.57 Å². The van der Waals surface area contributed by atoms with Crippen LogP contribution in [0.4, 0.5) is 0 Å². The predicted molar refractivity (Wildman–Crippen MR) is 34.8 cm³/mol. The van der Waals surface area contributed by atoms with E-state index < -0.39 is 0 Å². The highest BCUT2D eigenvalue weighted by molar-refractivity contribution is 7.80. The fourth-order valence-electron chi connectivity index (χ4n) is 0.274. The Morgan fingerprint density at radius 2 is 2.00 bits per heavy atom. The minimum atomic E-state index is 0.452. The highest BCUT2D eigenvalue weighted by Gasteiger charge is 1.82. The van der Waals surface area contributed by atoms with Crippen LogP contribution >= 0.6 is 12.6 Å². The van der Waals surface area contributed by atoms with Crippen molar-refractivity contribution in [3.63, 3.8) is 0 Å². The van der Waals surface area contributed by atoms with E-state index in [-0.39, 0.29) is 0 Å². The van der Waals surface area contributed by atoms with Crippen LogP contribution < -0.4 is 5.90 Å². The van der Waals surface area contributed by atoms with Crippen molar-refractivity contribution in [2.75, 3.05) is 25.6 Å². The summed E-state index contributed by atoms with van der Waals surface area (Å²) in [5.41, 5.74) is 0. The average Bonchev–Trinajstić information content (AvgIpc) is 1.81. The molecule has 8 heavy (non-hydrogen) atoms. The minimum absolute atomic E-state index is 0.452. The maximum Gasteiger partial charge on any atom is 0.0913 e. The highest BCUT2D eigenvalue weighted by atomic mass is 32.1. The van der Waals surface area contributed by atoms with Crippen molar-refractivity contribution in [3.8, 4) is 0 Å². The van der Waals surface area contributed by atoms with Crippen molar-refractivity contribution >= 4 is 12.6 Å². The molecule has 0 atom stereocenters. The molecule has 0 aromatic carbocycles. The summed E-state index contributed by atoms with van der Waals surface area (Å²) in [5, 5.41) is 0. The molecule has 0 saturated carbocycles. The molecule has 0 aromatic rings. The Bertz CT molecular complexity index is 39.0. The first-order valence-corrected chi connectivity index (χ1v) is 3.05. The van der Waals surface area contributed by atoms with Crippen molar-refractivity contribution in [2.24, 2.45) is 5.90 Å². The summed E-state index contributed by atoms with van der Waals surface area (Å²) in [7, 11) is 0. The zero-order chi connectivity index (χ0) is 6.24. The Morgan fingerprint density at radius 1 is 1.25 bits per heavy atom. The van der Waals surface area contributed by atoms with Gasteiger partial charge in [-0.1, -0.05) is 0 Å². The van der Waals surface area contributed by atoms with Crippen LogP contribution in [0.5, 0.6) is 0 Å². The predicted octanol–water partition coefficient (Wildman–Crippen LogP) is -0.177. The highest BCUT2D eigenvalue weighted by Crippen LogP contribution is 1.76. The minimum Gasteiger partial charge on any atom is -0.378 e. The number of nitrogens with two attached hydrogens (primary N) is 1. The van der Waals surface area contributed by atoms with Gasteiger partial charge in [0.05, 0.1) is 19.8 Å². The molecule has 0 unspecified atom stereocenters.